The molecule has 1 amide bonds. The van der Waals surface area contributed by atoms with Gasteiger partial charge in [-0.05, 0) is 63.9 Å². The van der Waals surface area contributed by atoms with E-state index in [1.165, 1.54) is 18.3 Å². The summed E-state index contributed by atoms with van der Waals surface area (Å²) in [5.41, 5.74) is 6.04. The number of aromatic nitrogens is 3. The SMILES string of the molecule is CC(C)(C)OC(=O)N1CCC[C@H](Nc2nccc(-c3cccnc3Oc3c(Cl)ccc(N)c3F)n2)C1. The van der Waals surface area contributed by atoms with Crippen LogP contribution < -0.4 is 15.8 Å². The summed E-state index contributed by atoms with van der Waals surface area (Å²) < 4.78 is 25.8. The number of anilines is 2. The number of piperidine rings is 1. The lowest BCUT2D eigenvalue weighted by Gasteiger charge is -2.34. The summed E-state index contributed by atoms with van der Waals surface area (Å²) in [5.74, 6) is -0.488. The van der Waals surface area contributed by atoms with Crippen LogP contribution >= 0.6 is 11.6 Å². The van der Waals surface area contributed by atoms with Gasteiger partial charge in [0.25, 0.3) is 0 Å². The molecule has 3 heterocycles. The topological polar surface area (TPSA) is 115 Å². The van der Waals surface area contributed by atoms with Crippen molar-refractivity contribution in [1.29, 1.82) is 0 Å². The minimum absolute atomic E-state index is 0.0497. The van der Waals surface area contributed by atoms with Gasteiger partial charge in [-0.1, -0.05) is 11.6 Å². The van der Waals surface area contributed by atoms with E-state index in [1.807, 2.05) is 20.8 Å². The first-order valence-electron chi connectivity index (χ1n) is 11.5. The van der Waals surface area contributed by atoms with E-state index in [0.29, 0.717) is 30.3 Å². The van der Waals surface area contributed by atoms with Crippen molar-refractivity contribution in [3.05, 3.63) is 53.6 Å². The third-order valence-corrected chi connectivity index (χ3v) is 5.68. The fourth-order valence-electron chi connectivity index (χ4n) is 3.75. The molecule has 3 aromatic rings. The monoisotopic (exact) mass is 514 g/mol. The lowest BCUT2D eigenvalue weighted by Crippen LogP contribution is -2.47. The third kappa shape index (κ3) is 6.12. The highest BCUT2D eigenvalue weighted by molar-refractivity contribution is 6.32. The molecule has 0 aliphatic carbocycles. The number of nitrogens with two attached hydrogens (primary N) is 1. The van der Waals surface area contributed by atoms with Gasteiger partial charge in [0.2, 0.25) is 11.8 Å². The Bertz CT molecular complexity index is 1250. The maximum Gasteiger partial charge on any atom is 0.410 e. The number of rotatable bonds is 5. The number of carbonyl (C=O) groups is 1. The molecule has 4 rings (SSSR count). The van der Waals surface area contributed by atoms with Crippen LogP contribution in [0.2, 0.25) is 5.02 Å². The molecule has 1 atom stereocenters. The summed E-state index contributed by atoms with van der Waals surface area (Å²) in [6, 6.07) is 7.93. The molecule has 0 saturated carbocycles. The van der Waals surface area contributed by atoms with Gasteiger partial charge in [0.15, 0.2) is 11.6 Å². The van der Waals surface area contributed by atoms with Crippen LogP contribution in [0.4, 0.5) is 20.8 Å². The third-order valence-electron chi connectivity index (χ3n) is 5.39. The van der Waals surface area contributed by atoms with Crippen LogP contribution in [0, 0.1) is 5.82 Å². The summed E-state index contributed by atoms with van der Waals surface area (Å²) >= 11 is 6.13. The Hall–Kier alpha value is -3.66. The number of benzene rings is 1. The van der Waals surface area contributed by atoms with Crippen molar-refractivity contribution in [1.82, 2.24) is 19.9 Å². The normalized spacial score (nSPS) is 15.9. The number of halogens is 2. The molecule has 9 nitrogen and oxygen atoms in total. The van der Waals surface area contributed by atoms with Crippen LogP contribution in [0.25, 0.3) is 11.3 Å². The summed E-state index contributed by atoms with van der Waals surface area (Å²) in [7, 11) is 0. The quantitative estimate of drug-likeness (QED) is 0.428. The van der Waals surface area contributed by atoms with Gasteiger partial charge in [0.05, 0.1) is 22.0 Å². The zero-order chi connectivity index (χ0) is 25.9. The minimum Gasteiger partial charge on any atom is -0.444 e. The van der Waals surface area contributed by atoms with Crippen molar-refractivity contribution < 1.29 is 18.7 Å². The van der Waals surface area contributed by atoms with Crippen molar-refractivity contribution in [2.75, 3.05) is 24.1 Å². The van der Waals surface area contributed by atoms with E-state index in [9.17, 15) is 9.18 Å². The van der Waals surface area contributed by atoms with Gasteiger partial charge in [-0.25, -0.2) is 24.1 Å². The first-order chi connectivity index (χ1) is 17.1. The Morgan fingerprint density at radius 2 is 2.03 bits per heavy atom. The molecule has 0 unspecified atom stereocenters. The van der Waals surface area contributed by atoms with E-state index in [0.717, 1.165) is 12.8 Å². The van der Waals surface area contributed by atoms with Crippen LogP contribution in [0.5, 0.6) is 11.6 Å². The summed E-state index contributed by atoms with van der Waals surface area (Å²) in [4.78, 5) is 27.3. The minimum atomic E-state index is -0.768. The van der Waals surface area contributed by atoms with Crippen molar-refractivity contribution in [2.45, 2.75) is 45.3 Å². The molecular weight excluding hydrogens is 487 g/mol. The molecule has 190 valence electrons. The number of hydrogen-bond donors (Lipinski definition) is 2. The summed E-state index contributed by atoms with van der Waals surface area (Å²) in [6.45, 7) is 6.63. The van der Waals surface area contributed by atoms with E-state index in [2.05, 4.69) is 20.3 Å². The van der Waals surface area contributed by atoms with Gasteiger partial charge in [0, 0.05) is 31.5 Å². The van der Waals surface area contributed by atoms with E-state index in [-0.39, 0.29) is 34.5 Å². The number of pyridine rings is 1. The maximum atomic E-state index is 14.6. The number of likely N-dealkylation sites (tertiary alicyclic amines) is 1. The molecule has 2 aromatic heterocycles. The fraction of sp³-hybridized carbons (Fsp3) is 0.360. The fourth-order valence-corrected chi connectivity index (χ4v) is 3.94. The Balaban J connectivity index is 1.52. The van der Waals surface area contributed by atoms with E-state index in [1.54, 1.807) is 29.3 Å². The van der Waals surface area contributed by atoms with Crippen molar-refractivity contribution in [2.24, 2.45) is 0 Å². The second-order valence-electron chi connectivity index (χ2n) is 9.41. The summed E-state index contributed by atoms with van der Waals surface area (Å²) in [6.07, 6.45) is 4.45. The lowest BCUT2D eigenvalue weighted by atomic mass is 10.1. The summed E-state index contributed by atoms with van der Waals surface area (Å²) in [5, 5.41) is 3.37. The van der Waals surface area contributed by atoms with Crippen LogP contribution in [-0.4, -0.2) is 50.7 Å². The number of ether oxygens (including phenoxy) is 2. The molecule has 11 heteroatoms. The van der Waals surface area contributed by atoms with Gasteiger partial charge < -0.3 is 25.4 Å². The number of amides is 1. The number of nitrogens with one attached hydrogen (secondary N) is 1. The van der Waals surface area contributed by atoms with Crippen molar-refractivity contribution >= 4 is 29.3 Å². The zero-order valence-corrected chi connectivity index (χ0v) is 21.1. The molecule has 1 fully saturated rings. The van der Waals surface area contributed by atoms with Crippen molar-refractivity contribution in [3.63, 3.8) is 0 Å². The molecular formula is C25H28ClFN6O3. The molecule has 1 aliphatic rings. The number of nitrogens with zero attached hydrogens (tertiary/aromatic N) is 4. The van der Waals surface area contributed by atoms with Gasteiger partial charge in [-0.2, -0.15) is 0 Å². The Kier molecular flexibility index (Phi) is 7.44. The van der Waals surface area contributed by atoms with Crippen LogP contribution in [0.3, 0.4) is 0 Å². The molecule has 3 N–H and O–H groups in total. The van der Waals surface area contributed by atoms with E-state index >= 15 is 0 Å². The Labute approximate surface area is 213 Å². The van der Waals surface area contributed by atoms with Crippen LogP contribution in [0.1, 0.15) is 33.6 Å². The molecule has 1 aromatic carbocycles. The standard InChI is InChI=1S/C25H28ClFN6O3/c1-25(2,3)36-24(34)33-13-5-6-15(14-33)31-23-30-12-10-19(32-23)16-7-4-11-29-22(16)35-21-17(26)8-9-18(28)20(21)27/h4,7-12,15H,5-6,13-14,28H2,1-3H3,(H,30,31,32)/t15-/m0/s1. The zero-order valence-electron chi connectivity index (χ0n) is 20.3. The van der Waals surface area contributed by atoms with Gasteiger partial charge in [-0.15, -0.1) is 0 Å². The highest BCUT2D eigenvalue weighted by Crippen LogP contribution is 2.37. The molecule has 1 saturated heterocycles. The maximum absolute atomic E-state index is 14.6. The Morgan fingerprint density at radius 3 is 2.81 bits per heavy atom. The molecule has 0 radical (unpaired) electrons. The van der Waals surface area contributed by atoms with E-state index < -0.39 is 11.4 Å². The largest absolute Gasteiger partial charge is 0.444 e. The molecule has 0 bridgehead atoms. The van der Waals surface area contributed by atoms with Gasteiger partial charge >= 0.3 is 6.09 Å². The average molecular weight is 515 g/mol. The van der Waals surface area contributed by atoms with Crippen LogP contribution in [-0.2, 0) is 4.74 Å². The highest BCUT2D eigenvalue weighted by atomic mass is 35.5. The van der Waals surface area contributed by atoms with E-state index in [4.69, 9.17) is 26.8 Å². The molecule has 1 aliphatic heterocycles. The van der Waals surface area contributed by atoms with Crippen LogP contribution in [0.15, 0.2) is 42.7 Å². The molecule has 36 heavy (non-hydrogen) atoms. The number of nitrogen functional groups attached to an aromatic ring is 1. The smallest absolute Gasteiger partial charge is 0.410 e. The van der Waals surface area contributed by atoms with Gasteiger partial charge in [-0.3, -0.25) is 0 Å². The Morgan fingerprint density at radius 1 is 1.22 bits per heavy atom. The first-order valence-corrected chi connectivity index (χ1v) is 11.9. The highest BCUT2D eigenvalue weighted by Gasteiger charge is 2.28. The average Bonchev–Trinajstić information content (AvgIpc) is 2.84. The first kappa shape index (κ1) is 25.4. The second kappa shape index (κ2) is 10.5. The second-order valence-corrected chi connectivity index (χ2v) is 9.82. The predicted molar refractivity (Wildman–Crippen MR) is 136 cm³/mol. The number of carbonyl (C=O) groups excluding carboxylic acids is 1. The van der Waals surface area contributed by atoms with Crippen molar-refractivity contribution in [3.8, 4) is 22.9 Å². The lowest BCUT2D eigenvalue weighted by molar-refractivity contribution is 0.0206. The predicted octanol–water partition coefficient (Wildman–Crippen LogP) is 5.52. The molecule has 0 spiro atoms. The van der Waals surface area contributed by atoms with Gasteiger partial charge in [0.1, 0.15) is 5.60 Å². The number of hydrogen-bond acceptors (Lipinski definition) is 8.